The highest BCUT2D eigenvalue weighted by Crippen LogP contribution is 2.12. The number of hydrogen-bond donors (Lipinski definition) is 0. The van der Waals surface area contributed by atoms with Gasteiger partial charge in [-0.2, -0.15) is 0 Å². The van der Waals surface area contributed by atoms with E-state index in [9.17, 15) is 14.4 Å². The summed E-state index contributed by atoms with van der Waals surface area (Å²) in [5.41, 5.74) is 0. The Morgan fingerprint density at radius 3 is 0.956 bits per heavy atom. The summed E-state index contributed by atoms with van der Waals surface area (Å²) in [5.74, 6) is -1.04. The number of carbonyl (C=O) groups excluding carboxylic acids is 3. The van der Waals surface area contributed by atoms with Crippen LogP contribution in [0.4, 0.5) is 0 Å². The van der Waals surface area contributed by atoms with Gasteiger partial charge in [-0.15, -0.1) is 0 Å². The lowest BCUT2D eigenvalue weighted by molar-refractivity contribution is -0.166. The second-order valence-electron chi connectivity index (χ2n) is 17.0. The lowest BCUT2D eigenvalue weighted by atomic mass is 10.1. The monoisotopic (exact) mass is 937 g/mol. The van der Waals surface area contributed by atoms with Crippen molar-refractivity contribution >= 4 is 17.9 Å². The predicted octanol–water partition coefficient (Wildman–Crippen LogP) is 18.0. The fourth-order valence-corrected chi connectivity index (χ4v) is 6.65. The maximum atomic E-state index is 12.7. The van der Waals surface area contributed by atoms with Gasteiger partial charge >= 0.3 is 17.9 Å². The second kappa shape index (κ2) is 54.9. The van der Waals surface area contributed by atoms with E-state index in [0.29, 0.717) is 19.3 Å². The first-order chi connectivity index (χ1) is 33.5. The van der Waals surface area contributed by atoms with Crippen molar-refractivity contribution in [1.29, 1.82) is 0 Å². The van der Waals surface area contributed by atoms with Crippen LogP contribution in [0.25, 0.3) is 0 Å². The van der Waals surface area contributed by atoms with Crippen molar-refractivity contribution in [3.05, 3.63) is 146 Å². The Hall–Kier alpha value is -4.71. The molecule has 6 heteroatoms. The quantitative estimate of drug-likeness (QED) is 0.0262. The molecule has 0 rings (SSSR count). The number of rotatable bonds is 46. The van der Waals surface area contributed by atoms with Gasteiger partial charge < -0.3 is 14.2 Å². The highest BCUT2D eigenvalue weighted by Gasteiger charge is 2.19. The molecule has 0 aromatic heterocycles. The molecule has 380 valence electrons. The molecule has 0 saturated heterocycles. The highest BCUT2D eigenvalue weighted by atomic mass is 16.6. The van der Waals surface area contributed by atoms with Crippen molar-refractivity contribution in [1.82, 2.24) is 0 Å². The summed E-state index contributed by atoms with van der Waals surface area (Å²) in [6, 6.07) is 0. The maximum Gasteiger partial charge on any atom is 0.306 e. The molecular formula is C62H96O6. The number of hydrogen-bond acceptors (Lipinski definition) is 6. The van der Waals surface area contributed by atoms with Crippen LogP contribution in [-0.2, 0) is 28.6 Å². The van der Waals surface area contributed by atoms with Crippen LogP contribution in [0.5, 0.6) is 0 Å². The van der Waals surface area contributed by atoms with Crippen LogP contribution in [0.1, 0.15) is 207 Å². The Labute approximate surface area is 417 Å². The van der Waals surface area contributed by atoms with Crippen molar-refractivity contribution in [2.45, 2.75) is 213 Å². The van der Waals surface area contributed by atoms with Crippen LogP contribution in [0, 0.1) is 0 Å². The van der Waals surface area contributed by atoms with E-state index in [-0.39, 0.29) is 31.6 Å². The lowest BCUT2D eigenvalue weighted by Gasteiger charge is -2.18. The van der Waals surface area contributed by atoms with Gasteiger partial charge in [0.2, 0.25) is 0 Å². The highest BCUT2D eigenvalue weighted by molar-refractivity contribution is 5.71. The minimum Gasteiger partial charge on any atom is -0.462 e. The number of allylic oxidation sites excluding steroid dienone is 24. The molecule has 0 aromatic rings. The van der Waals surface area contributed by atoms with Crippen LogP contribution in [0.15, 0.2) is 146 Å². The minimum atomic E-state index is -0.827. The Bertz CT molecular complexity index is 1540. The first kappa shape index (κ1) is 63.3. The first-order valence-electron chi connectivity index (χ1n) is 26.8. The van der Waals surface area contributed by atoms with Gasteiger partial charge in [-0.1, -0.05) is 224 Å². The van der Waals surface area contributed by atoms with Gasteiger partial charge in [0, 0.05) is 19.3 Å². The van der Waals surface area contributed by atoms with Crippen molar-refractivity contribution in [2.24, 2.45) is 0 Å². The molecule has 0 spiro atoms. The average molecular weight is 937 g/mol. The minimum absolute atomic E-state index is 0.119. The van der Waals surface area contributed by atoms with E-state index in [1.54, 1.807) is 0 Å². The van der Waals surface area contributed by atoms with Crippen molar-refractivity contribution in [2.75, 3.05) is 13.2 Å². The Morgan fingerprint density at radius 1 is 0.309 bits per heavy atom. The van der Waals surface area contributed by atoms with E-state index in [1.807, 2.05) is 12.2 Å². The fraction of sp³-hybridized carbons (Fsp3) is 0.565. The third kappa shape index (κ3) is 52.3. The molecular weight excluding hydrogens is 841 g/mol. The summed E-state index contributed by atoms with van der Waals surface area (Å²) in [4.78, 5) is 37.8. The molecule has 0 bridgehead atoms. The molecule has 1 atom stereocenters. The number of carbonyl (C=O) groups is 3. The zero-order chi connectivity index (χ0) is 49.3. The Balaban J connectivity index is 4.35. The van der Waals surface area contributed by atoms with E-state index in [1.165, 1.54) is 32.1 Å². The van der Waals surface area contributed by atoms with Gasteiger partial charge in [0.15, 0.2) is 6.10 Å². The summed E-state index contributed by atoms with van der Waals surface area (Å²) in [6.07, 6.45) is 78.7. The fourth-order valence-electron chi connectivity index (χ4n) is 6.65. The van der Waals surface area contributed by atoms with E-state index >= 15 is 0 Å². The molecule has 0 fully saturated rings. The van der Waals surface area contributed by atoms with Crippen molar-refractivity contribution in [3.8, 4) is 0 Å². The van der Waals surface area contributed by atoms with Crippen LogP contribution < -0.4 is 0 Å². The number of esters is 3. The maximum absolute atomic E-state index is 12.7. The van der Waals surface area contributed by atoms with E-state index in [4.69, 9.17) is 14.2 Å². The van der Waals surface area contributed by atoms with Crippen LogP contribution in [0.2, 0.25) is 0 Å². The first-order valence-corrected chi connectivity index (χ1v) is 26.8. The van der Waals surface area contributed by atoms with Gasteiger partial charge in [-0.25, -0.2) is 0 Å². The zero-order valence-electron chi connectivity index (χ0n) is 43.3. The number of ether oxygens (including phenoxy) is 3. The molecule has 0 aromatic carbocycles. The molecule has 0 radical (unpaired) electrons. The smallest absolute Gasteiger partial charge is 0.306 e. The van der Waals surface area contributed by atoms with Crippen molar-refractivity contribution < 1.29 is 28.6 Å². The molecule has 0 aliphatic heterocycles. The Kier molecular flexibility index (Phi) is 51.1. The van der Waals surface area contributed by atoms with Gasteiger partial charge in [-0.3, -0.25) is 14.4 Å². The van der Waals surface area contributed by atoms with Crippen LogP contribution in [-0.4, -0.2) is 37.2 Å². The molecule has 6 nitrogen and oxygen atoms in total. The molecule has 0 saturated carbocycles. The molecule has 0 N–H and O–H groups in total. The van der Waals surface area contributed by atoms with Gasteiger partial charge in [0.05, 0.1) is 0 Å². The summed E-state index contributed by atoms with van der Waals surface area (Å²) < 4.78 is 16.6. The van der Waals surface area contributed by atoms with Crippen molar-refractivity contribution in [3.63, 3.8) is 0 Å². The molecule has 0 aliphatic carbocycles. The zero-order valence-corrected chi connectivity index (χ0v) is 43.3. The standard InChI is InChI=1S/C62H96O6/c1-4-7-10-13-16-18-20-22-24-26-28-29-30-31-32-33-35-36-38-40-42-44-46-49-52-55-61(64)67-58-59(57-66-60(63)54-51-48-15-12-9-6-3)68-62(65)56-53-50-47-45-43-41-39-37-34-27-25-23-21-19-17-14-11-8-5-2/h7-8,10-11,16-19,22-25,28-29,31-32,34-37,41,43,47,50,59H,4-6,9,12-15,20-21,26-27,30,33,38-40,42,44-46,48-49,51-58H2,1-3H3/b10-7-,11-8-,18-16-,19-17-,24-22-,25-23-,29-28-,32-31-,36-35-,37-34-,43-41-,50-47-. The summed E-state index contributed by atoms with van der Waals surface area (Å²) in [5, 5.41) is 0. The number of unbranched alkanes of at least 4 members (excludes halogenated alkanes) is 11. The summed E-state index contributed by atoms with van der Waals surface area (Å²) in [7, 11) is 0. The average Bonchev–Trinajstić information content (AvgIpc) is 3.34. The van der Waals surface area contributed by atoms with Gasteiger partial charge in [0.25, 0.3) is 0 Å². The van der Waals surface area contributed by atoms with Crippen LogP contribution >= 0.6 is 0 Å². The largest absolute Gasteiger partial charge is 0.462 e. The molecule has 0 amide bonds. The lowest BCUT2D eigenvalue weighted by Crippen LogP contribution is -2.30. The predicted molar refractivity (Wildman–Crippen MR) is 292 cm³/mol. The molecule has 0 heterocycles. The van der Waals surface area contributed by atoms with E-state index in [0.717, 1.165) is 128 Å². The van der Waals surface area contributed by atoms with Crippen LogP contribution in [0.3, 0.4) is 0 Å². The SMILES string of the molecule is CC/C=C\C/C=C\C/C=C\C/C=C\C/C=C\C/C=C\CCCCCCCCC(=O)OCC(COC(=O)CCCCCCCC)OC(=O)CC/C=C\C/C=C\C/C=C\C/C=C\C/C=C\C/C=C\CC. The topological polar surface area (TPSA) is 78.9 Å². The van der Waals surface area contributed by atoms with Gasteiger partial charge in [0.1, 0.15) is 13.2 Å². The second-order valence-corrected chi connectivity index (χ2v) is 17.0. The summed E-state index contributed by atoms with van der Waals surface area (Å²) in [6.45, 7) is 6.25. The molecule has 68 heavy (non-hydrogen) atoms. The summed E-state index contributed by atoms with van der Waals surface area (Å²) >= 11 is 0. The molecule has 1 unspecified atom stereocenters. The third-order valence-corrected chi connectivity index (χ3v) is 10.6. The normalized spacial score (nSPS) is 13.3. The van der Waals surface area contributed by atoms with E-state index < -0.39 is 12.1 Å². The molecule has 0 aliphatic rings. The van der Waals surface area contributed by atoms with Gasteiger partial charge in [-0.05, 0) is 109 Å². The Morgan fingerprint density at radius 2 is 0.603 bits per heavy atom. The van der Waals surface area contributed by atoms with E-state index in [2.05, 4.69) is 154 Å². The third-order valence-electron chi connectivity index (χ3n) is 10.6.